The molecule has 132 valence electrons. The first kappa shape index (κ1) is 19.7. The predicted octanol–water partition coefficient (Wildman–Crippen LogP) is 1.60. The van der Waals surface area contributed by atoms with E-state index in [1.165, 1.54) is 25.1 Å². The zero-order valence-electron chi connectivity index (χ0n) is 13.5. The van der Waals surface area contributed by atoms with Gasteiger partial charge in [-0.05, 0) is 31.5 Å². The first-order valence-electron chi connectivity index (χ1n) is 7.19. The summed E-state index contributed by atoms with van der Waals surface area (Å²) in [5.41, 5.74) is 5.55. The average Bonchev–Trinajstić information content (AvgIpc) is 2.49. The Morgan fingerprint density at radius 3 is 2.75 bits per heavy atom. The van der Waals surface area contributed by atoms with Gasteiger partial charge in [0.2, 0.25) is 0 Å². The highest BCUT2D eigenvalue weighted by atomic mass is 19.1. The Morgan fingerprint density at radius 2 is 2.21 bits per heavy atom. The number of carbonyl (C=O) groups is 2. The predicted molar refractivity (Wildman–Crippen MR) is 84.2 cm³/mol. The molecular weight excluding hydrogens is 322 g/mol. The van der Waals surface area contributed by atoms with Gasteiger partial charge in [0.05, 0.1) is 6.61 Å². The summed E-state index contributed by atoms with van der Waals surface area (Å²) in [6.45, 7) is 3.06. The Morgan fingerprint density at radius 1 is 1.58 bits per heavy atom. The molecule has 1 aromatic carbocycles. The number of nitrogens with two attached hydrogens (primary N) is 1. The molecule has 2 atom stereocenters. The van der Waals surface area contributed by atoms with Crippen LogP contribution in [0.1, 0.15) is 25.0 Å². The maximum Gasteiger partial charge on any atom is 0.290 e. The van der Waals surface area contributed by atoms with Crippen LogP contribution in [0.5, 0.6) is 0 Å². The van der Waals surface area contributed by atoms with Gasteiger partial charge in [0, 0.05) is 12.0 Å². The zero-order chi connectivity index (χ0) is 18.3. The Balaban J connectivity index is 0.000000891. The summed E-state index contributed by atoms with van der Waals surface area (Å²) in [5.74, 6) is -0.702. The van der Waals surface area contributed by atoms with Crippen molar-refractivity contribution in [3.63, 3.8) is 0 Å². The van der Waals surface area contributed by atoms with Crippen LogP contribution < -0.4 is 5.73 Å². The van der Waals surface area contributed by atoms with Crippen LogP contribution in [0.3, 0.4) is 0 Å². The summed E-state index contributed by atoms with van der Waals surface area (Å²) in [6.07, 6.45) is -1.62. The number of alkyl halides is 1. The van der Waals surface area contributed by atoms with Crippen LogP contribution in [-0.4, -0.2) is 42.6 Å². The Hall–Kier alpha value is -2.35. The highest BCUT2D eigenvalue weighted by molar-refractivity contribution is 5.85. The highest BCUT2D eigenvalue weighted by Gasteiger charge is 2.33. The molecule has 0 aromatic heterocycles. The first-order chi connectivity index (χ1) is 11.2. The number of aliphatic imine (C=N–C) groups is 1. The second kappa shape index (κ2) is 8.49. The number of benzene rings is 1. The largest absolute Gasteiger partial charge is 0.483 e. The third kappa shape index (κ3) is 5.09. The van der Waals surface area contributed by atoms with Crippen molar-refractivity contribution in [2.45, 2.75) is 32.0 Å². The van der Waals surface area contributed by atoms with Crippen molar-refractivity contribution in [3.05, 3.63) is 35.1 Å². The molecule has 3 N–H and O–H groups in total. The fraction of sp³-hybridized carbons (Fsp3) is 0.438. The van der Waals surface area contributed by atoms with E-state index >= 15 is 0 Å². The molecule has 0 fully saturated rings. The van der Waals surface area contributed by atoms with Gasteiger partial charge in [-0.3, -0.25) is 14.6 Å². The standard InChI is InChI=1S/C15H18F2N2O2.CH2O2/c1-9(16)13(20)6-10-3-4-12(17)11(5-10)15(2)8-21-7-14(18)19-15;2-1-3/h3-5,9H,6-8H2,1-2H3,(H2,18,19);1H,(H,2,3)/t9?,15-;/m0./s1. The zero-order valence-corrected chi connectivity index (χ0v) is 13.5. The lowest BCUT2D eigenvalue weighted by Crippen LogP contribution is -2.38. The fourth-order valence-corrected chi connectivity index (χ4v) is 2.31. The van der Waals surface area contributed by atoms with Crippen LogP contribution in [-0.2, 0) is 26.3 Å². The molecule has 1 aliphatic rings. The molecular formula is C16H20F2N2O4. The van der Waals surface area contributed by atoms with Crippen LogP contribution >= 0.6 is 0 Å². The SMILES string of the molecule is CC(F)C(=O)Cc1ccc(F)c([C@]2(C)COCC(N)=N2)c1.O=CO. The van der Waals surface area contributed by atoms with Gasteiger partial charge >= 0.3 is 0 Å². The summed E-state index contributed by atoms with van der Waals surface area (Å²) in [5, 5.41) is 6.89. The molecule has 1 aliphatic heterocycles. The summed E-state index contributed by atoms with van der Waals surface area (Å²) in [4.78, 5) is 24.1. The van der Waals surface area contributed by atoms with Crippen molar-refractivity contribution >= 4 is 18.1 Å². The van der Waals surface area contributed by atoms with Gasteiger partial charge in [-0.15, -0.1) is 0 Å². The van der Waals surface area contributed by atoms with Crippen LogP contribution in [0.15, 0.2) is 23.2 Å². The number of nitrogens with zero attached hydrogens (tertiary/aromatic N) is 1. The molecule has 1 aromatic rings. The third-order valence-electron chi connectivity index (χ3n) is 3.46. The maximum atomic E-state index is 14.1. The van der Waals surface area contributed by atoms with Gasteiger partial charge in [0.1, 0.15) is 23.8 Å². The van der Waals surface area contributed by atoms with Crippen LogP contribution in [0.25, 0.3) is 0 Å². The number of ketones is 1. The summed E-state index contributed by atoms with van der Waals surface area (Å²) in [6, 6.07) is 4.26. The number of hydrogen-bond donors (Lipinski definition) is 2. The monoisotopic (exact) mass is 342 g/mol. The lowest BCUT2D eigenvalue weighted by molar-refractivity contribution is -0.123. The molecule has 1 heterocycles. The minimum atomic E-state index is -1.54. The lowest BCUT2D eigenvalue weighted by Gasteiger charge is -2.30. The van der Waals surface area contributed by atoms with Crippen molar-refractivity contribution in [2.24, 2.45) is 10.7 Å². The molecule has 8 heteroatoms. The van der Waals surface area contributed by atoms with Gasteiger partial charge < -0.3 is 15.6 Å². The molecule has 0 radical (unpaired) electrons. The average molecular weight is 342 g/mol. The minimum absolute atomic E-state index is 0.0823. The van der Waals surface area contributed by atoms with Gasteiger partial charge in [-0.2, -0.15) is 0 Å². The third-order valence-corrected chi connectivity index (χ3v) is 3.46. The quantitative estimate of drug-likeness (QED) is 0.809. The van der Waals surface area contributed by atoms with Gasteiger partial charge in [-0.25, -0.2) is 8.78 Å². The summed E-state index contributed by atoms with van der Waals surface area (Å²) in [7, 11) is 0. The Kier molecular flexibility index (Phi) is 6.97. The minimum Gasteiger partial charge on any atom is -0.483 e. The number of Topliss-reactive ketones (excluding diaryl/α,β-unsaturated/α-hetero) is 1. The van der Waals surface area contributed by atoms with Crippen molar-refractivity contribution in [3.8, 4) is 0 Å². The van der Waals surface area contributed by atoms with Gasteiger partial charge in [0.25, 0.3) is 6.47 Å². The van der Waals surface area contributed by atoms with Crippen LogP contribution in [0.4, 0.5) is 8.78 Å². The van der Waals surface area contributed by atoms with E-state index in [9.17, 15) is 13.6 Å². The number of amidine groups is 1. The lowest BCUT2D eigenvalue weighted by atomic mass is 9.90. The number of hydrogen-bond acceptors (Lipinski definition) is 5. The molecule has 0 saturated heterocycles. The number of carboxylic acid groups (broad SMARTS) is 1. The maximum absolute atomic E-state index is 14.1. The molecule has 1 unspecified atom stereocenters. The fourth-order valence-electron chi connectivity index (χ4n) is 2.31. The van der Waals surface area contributed by atoms with Crippen LogP contribution in [0, 0.1) is 5.82 Å². The van der Waals surface area contributed by atoms with Gasteiger partial charge in [0.15, 0.2) is 12.0 Å². The highest BCUT2D eigenvalue weighted by Crippen LogP contribution is 2.31. The summed E-state index contributed by atoms with van der Waals surface area (Å²) >= 11 is 0. The molecule has 2 rings (SSSR count). The van der Waals surface area contributed by atoms with E-state index in [1.807, 2.05) is 0 Å². The van der Waals surface area contributed by atoms with Crippen LogP contribution in [0.2, 0.25) is 0 Å². The normalized spacial score (nSPS) is 21.1. The molecule has 0 spiro atoms. The van der Waals surface area contributed by atoms with Gasteiger partial charge in [-0.1, -0.05) is 6.07 Å². The second-order valence-corrected chi connectivity index (χ2v) is 5.55. The first-order valence-corrected chi connectivity index (χ1v) is 7.19. The van der Waals surface area contributed by atoms with Crippen molar-refractivity contribution < 1.29 is 28.2 Å². The van der Waals surface area contributed by atoms with Crippen molar-refractivity contribution in [2.75, 3.05) is 13.2 Å². The molecule has 0 aliphatic carbocycles. The topological polar surface area (TPSA) is 102 Å². The number of ether oxygens (including phenoxy) is 1. The molecule has 0 saturated carbocycles. The smallest absolute Gasteiger partial charge is 0.290 e. The van der Waals surface area contributed by atoms with E-state index in [-0.39, 0.29) is 26.1 Å². The van der Waals surface area contributed by atoms with E-state index in [4.69, 9.17) is 20.4 Å². The number of rotatable bonds is 4. The summed E-state index contributed by atoms with van der Waals surface area (Å²) < 4.78 is 32.4. The van der Waals surface area contributed by atoms with E-state index in [2.05, 4.69) is 4.99 Å². The Labute approximate surface area is 138 Å². The van der Waals surface area contributed by atoms with Crippen molar-refractivity contribution in [1.29, 1.82) is 0 Å². The Bertz CT molecular complexity index is 635. The molecule has 6 nitrogen and oxygen atoms in total. The molecule has 0 bridgehead atoms. The number of carbonyl (C=O) groups excluding carboxylic acids is 1. The molecule has 24 heavy (non-hydrogen) atoms. The van der Waals surface area contributed by atoms with E-state index in [0.717, 1.165) is 0 Å². The number of halogens is 2. The second-order valence-electron chi connectivity index (χ2n) is 5.55. The van der Waals surface area contributed by atoms with E-state index in [0.29, 0.717) is 17.0 Å². The van der Waals surface area contributed by atoms with E-state index in [1.54, 1.807) is 6.92 Å². The van der Waals surface area contributed by atoms with Crippen molar-refractivity contribution in [1.82, 2.24) is 0 Å². The molecule has 0 amide bonds. The van der Waals surface area contributed by atoms with E-state index < -0.39 is 23.3 Å².